The lowest BCUT2D eigenvalue weighted by Gasteiger charge is -2.50. The summed E-state index contributed by atoms with van der Waals surface area (Å²) in [4.78, 5) is 13.4. The van der Waals surface area contributed by atoms with Gasteiger partial charge in [0.15, 0.2) is 0 Å². The molecule has 3 rings (SSSR count). The van der Waals surface area contributed by atoms with Gasteiger partial charge >= 0.3 is 6.09 Å². The second-order valence-electron chi connectivity index (χ2n) is 5.63. The fraction of sp³-hybridized carbons (Fsp3) is 0.909. The fourth-order valence-corrected chi connectivity index (χ4v) is 2.34. The quantitative estimate of drug-likeness (QED) is 0.658. The van der Waals surface area contributed by atoms with Crippen LogP contribution in [0.15, 0.2) is 0 Å². The molecule has 3 fully saturated rings. The summed E-state index contributed by atoms with van der Waals surface area (Å²) in [6.07, 6.45) is 0.619. The van der Waals surface area contributed by atoms with E-state index in [0.29, 0.717) is 13.1 Å². The van der Waals surface area contributed by atoms with Crippen LogP contribution in [0, 0.1) is 11.8 Å². The fourth-order valence-electron chi connectivity index (χ4n) is 2.34. The molecule has 2 atom stereocenters. The average molecular weight is 213 g/mol. The zero-order valence-corrected chi connectivity index (χ0v) is 9.56. The number of hydrogen-bond acceptors (Lipinski definition) is 3. The number of aliphatic hydroxyl groups excluding tert-OH is 1. The Morgan fingerprint density at radius 3 is 2.27 bits per heavy atom. The number of ether oxygens (including phenoxy) is 1. The van der Waals surface area contributed by atoms with Gasteiger partial charge in [0.25, 0.3) is 0 Å². The number of carbonyl (C=O) groups excluding carboxylic acids is 1. The van der Waals surface area contributed by atoms with Crippen LogP contribution < -0.4 is 0 Å². The number of aliphatic hydroxyl groups is 1. The highest BCUT2D eigenvalue weighted by molar-refractivity contribution is 5.68. The van der Waals surface area contributed by atoms with Crippen molar-refractivity contribution in [3.8, 4) is 0 Å². The van der Waals surface area contributed by atoms with Crippen molar-refractivity contribution in [3.05, 3.63) is 0 Å². The van der Waals surface area contributed by atoms with Crippen LogP contribution in [0.4, 0.5) is 4.79 Å². The van der Waals surface area contributed by atoms with Gasteiger partial charge in [0, 0.05) is 24.9 Å². The molecule has 1 N–H and O–H groups in total. The van der Waals surface area contributed by atoms with E-state index in [1.54, 1.807) is 4.90 Å². The molecule has 0 aromatic carbocycles. The molecule has 2 unspecified atom stereocenters. The van der Waals surface area contributed by atoms with Crippen molar-refractivity contribution in [1.29, 1.82) is 0 Å². The minimum Gasteiger partial charge on any atom is -0.444 e. The highest BCUT2D eigenvalue weighted by Crippen LogP contribution is 2.40. The van der Waals surface area contributed by atoms with Crippen LogP contribution in [0.5, 0.6) is 0 Å². The largest absolute Gasteiger partial charge is 0.444 e. The van der Waals surface area contributed by atoms with Gasteiger partial charge in [-0.15, -0.1) is 0 Å². The highest BCUT2D eigenvalue weighted by atomic mass is 16.6. The van der Waals surface area contributed by atoms with Crippen molar-refractivity contribution in [2.75, 3.05) is 13.1 Å². The number of amides is 1. The summed E-state index contributed by atoms with van der Waals surface area (Å²) in [5.41, 5.74) is -0.433. The van der Waals surface area contributed by atoms with Crippen LogP contribution in [-0.2, 0) is 4.74 Å². The molecule has 0 radical (unpaired) electrons. The Hall–Kier alpha value is -0.770. The lowest BCUT2D eigenvalue weighted by Crippen LogP contribution is -2.60. The standard InChI is InChI=1S/C11H19NO3/c1-11(2,3)15-10(14)12-5-7-4-8(6-12)9(7)13/h7-9,13H,4-6H2,1-3H3. The first-order chi connectivity index (χ1) is 6.87. The summed E-state index contributed by atoms with van der Waals surface area (Å²) < 4.78 is 5.29. The van der Waals surface area contributed by atoms with Crippen molar-refractivity contribution < 1.29 is 14.6 Å². The molecule has 2 heterocycles. The molecular weight excluding hydrogens is 194 g/mol. The second-order valence-corrected chi connectivity index (χ2v) is 5.63. The summed E-state index contributed by atoms with van der Waals surface area (Å²) in [6, 6.07) is 0. The predicted molar refractivity (Wildman–Crippen MR) is 55.4 cm³/mol. The van der Waals surface area contributed by atoms with E-state index in [9.17, 15) is 9.90 Å². The third kappa shape index (κ3) is 2.09. The van der Waals surface area contributed by atoms with E-state index in [-0.39, 0.29) is 24.0 Å². The molecule has 2 aliphatic heterocycles. The zero-order chi connectivity index (χ0) is 11.2. The molecule has 86 valence electrons. The molecule has 0 spiro atoms. The SMILES string of the molecule is CC(C)(C)OC(=O)N1CC2CC(C1)C2O. The molecule has 4 heteroatoms. The van der Waals surface area contributed by atoms with Crippen LogP contribution in [-0.4, -0.2) is 40.9 Å². The van der Waals surface area contributed by atoms with Crippen LogP contribution in [0.1, 0.15) is 27.2 Å². The number of rotatable bonds is 0. The molecule has 2 bridgehead atoms. The summed E-state index contributed by atoms with van der Waals surface area (Å²) in [5, 5.41) is 9.58. The van der Waals surface area contributed by atoms with E-state index in [1.165, 1.54) is 0 Å². The lowest BCUT2D eigenvalue weighted by atomic mass is 9.68. The second kappa shape index (κ2) is 3.37. The maximum Gasteiger partial charge on any atom is 0.410 e. The first kappa shape index (κ1) is 10.7. The van der Waals surface area contributed by atoms with Crippen molar-refractivity contribution in [2.24, 2.45) is 11.8 Å². The molecular formula is C11H19NO3. The minimum absolute atomic E-state index is 0.191. The van der Waals surface area contributed by atoms with Crippen LogP contribution in [0.25, 0.3) is 0 Å². The van der Waals surface area contributed by atoms with Crippen LogP contribution in [0.3, 0.4) is 0 Å². The van der Waals surface area contributed by atoms with Gasteiger partial charge in [0.1, 0.15) is 5.60 Å². The van der Waals surface area contributed by atoms with E-state index < -0.39 is 5.60 Å². The molecule has 1 aliphatic carbocycles. The number of fused-ring (bicyclic) bond motifs is 2. The molecule has 2 saturated heterocycles. The monoisotopic (exact) mass is 213 g/mol. The van der Waals surface area contributed by atoms with E-state index in [2.05, 4.69) is 0 Å². The van der Waals surface area contributed by atoms with Gasteiger partial charge in [-0.05, 0) is 27.2 Å². The van der Waals surface area contributed by atoms with Gasteiger partial charge in [-0.2, -0.15) is 0 Å². The van der Waals surface area contributed by atoms with Gasteiger partial charge < -0.3 is 14.7 Å². The maximum atomic E-state index is 11.7. The first-order valence-corrected chi connectivity index (χ1v) is 5.53. The Labute approximate surface area is 90.2 Å². The molecule has 0 aromatic heterocycles. The van der Waals surface area contributed by atoms with Crippen LogP contribution in [0.2, 0.25) is 0 Å². The van der Waals surface area contributed by atoms with Gasteiger partial charge in [-0.3, -0.25) is 0 Å². The summed E-state index contributed by atoms with van der Waals surface area (Å²) in [6.45, 7) is 6.89. The third-order valence-corrected chi connectivity index (χ3v) is 3.13. The molecule has 4 nitrogen and oxygen atoms in total. The summed E-state index contributed by atoms with van der Waals surface area (Å²) >= 11 is 0. The Balaban J connectivity index is 1.88. The number of nitrogens with zero attached hydrogens (tertiary/aromatic N) is 1. The lowest BCUT2D eigenvalue weighted by molar-refractivity contribution is -0.106. The van der Waals surface area contributed by atoms with Crippen molar-refractivity contribution in [1.82, 2.24) is 4.90 Å². The minimum atomic E-state index is -0.433. The molecule has 15 heavy (non-hydrogen) atoms. The number of carbonyl (C=O) groups is 1. The van der Waals surface area contributed by atoms with Gasteiger partial charge in [0.2, 0.25) is 0 Å². The molecule has 1 saturated carbocycles. The topological polar surface area (TPSA) is 49.8 Å². The van der Waals surface area contributed by atoms with Crippen molar-refractivity contribution in [3.63, 3.8) is 0 Å². The molecule has 0 aromatic rings. The maximum absolute atomic E-state index is 11.7. The van der Waals surface area contributed by atoms with Crippen molar-refractivity contribution in [2.45, 2.75) is 38.9 Å². The molecule has 3 aliphatic rings. The Morgan fingerprint density at radius 1 is 1.33 bits per heavy atom. The van der Waals surface area contributed by atoms with Crippen molar-refractivity contribution >= 4 is 6.09 Å². The third-order valence-electron chi connectivity index (χ3n) is 3.13. The van der Waals surface area contributed by atoms with E-state index in [4.69, 9.17) is 4.74 Å². The van der Waals surface area contributed by atoms with Gasteiger partial charge in [-0.25, -0.2) is 4.79 Å². The smallest absolute Gasteiger partial charge is 0.410 e. The Kier molecular flexibility index (Phi) is 2.41. The van der Waals surface area contributed by atoms with E-state index in [1.807, 2.05) is 20.8 Å². The van der Waals surface area contributed by atoms with E-state index >= 15 is 0 Å². The highest BCUT2D eigenvalue weighted by Gasteiger charge is 2.47. The number of piperidine rings is 2. The zero-order valence-electron chi connectivity index (χ0n) is 9.56. The van der Waals surface area contributed by atoms with Crippen LogP contribution >= 0.6 is 0 Å². The average Bonchev–Trinajstić information content (AvgIpc) is 2.14. The van der Waals surface area contributed by atoms with Gasteiger partial charge in [-0.1, -0.05) is 0 Å². The Morgan fingerprint density at radius 2 is 1.87 bits per heavy atom. The summed E-state index contributed by atoms with van der Waals surface area (Å²) in [7, 11) is 0. The normalized spacial score (nSPS) is 34.7. The molecule has 1 amide bonds. The van der Waals surface area contributed by atoms with Gasteiger partial charge in [0.05, 0.1) is 6.10 Å². The van der Waals surface area contributed by atoms with E-state index in [0.717, 1.165) is 6.42 Å². The number of hydrogen-bond donors (Lipinski definition) is 1. The summed E-state index contributed by atoms with van der Waals surface area (Å²) in [5.74, 6) is 0.549. The predicted octanol–water partition coefficient (Wildman–Crippen LogP) is 1.23. The first-order valence-electron chi connectivity index (χ1n) is 5.53. The Bertz CT molecular complexity index is 259.